The lowest BCUT2D eigenvalue weighted by molar-refractivity contribution is -0.115. The summed E-state index contributed by atoms with van der Waals surface area (Å²) >= 11 is 1.66. The van der Waals surface area contributed by atoms with Gasteiger partial charge in [0, 0.05) is 22.8 Å². The van der Waals surface area contributed by atoms with Crippen LogP contribution < -0.4 is 11.1 Å². The number of rotatable bonds is 0. The van der Waals surface area contributed by atoms with Gasteiger partial charge in [-0.25, -0.2) is 0 Å². The first-order valence-corrected chi connectivity index (χ1v) is 5.06. The molecule has 0 saturated heterocycles. The minimum absolute atomic E-state index is 0.0796. The van der Waals surface area contributed by atoms with Crippen LogP contribution in [-0.2, 0) is 4.79 Å². The largest absolute Gasteiger partial charge is 0.399 e. The van der Waals surface area contributed by atoms with E-state index in [4.69, 9.17) is 5.73 Å². The second-order valence-corrected chi connectivity index (χ2v) is 4.04. The van der Waals surface area contributed by atoms with E-state index in [-0.39, 0.29) is 5.91 Å². The van der Waals surface area contributed by atoms with Crippen molar-refractivity contribution < 1.29 is 4.79 Å². The highest BCUT2D eigenvalue weighted by Crippen LogP contribution is 2.31. The van der Waals surface area contributed by atoms with Crippen molar-refractivity contribution in [2.45, 2.75) is 11.3 Å². The molecule has 4 heteroatoms. The predicted molar refractivity (Wildman–Crippen MR) is 54.8 cm³/mol. The zero-order chi connectivity index (χ0) is 9.26. The molecule has 1 aliphatic rings. The van der Waals surface area contributed by atoms with Gasteiger partial charge in [0.2, 0.25) is 5.91 Å². The molecule has 0 bridgehead atoms. The molecule has 3 nitrogen and oxygen atoms in total. The SMILES string of the molecule is Nc1ccc2c(c1)SCCC(=O)N2. The Hall–Kier alpha value is -1.16. The summed E-state index contributed by atoms with van der Waals surface area (Å²) in [7, 11) is 0. The molecule has 0 aromatic heterocycles. The fraction of sp³-hybridized carbons (Fsp3) is 0.222. The minimum Gasteiger partial charge on any atom is -0.399 e. The fourth-order valence-corrected chi connectivity index (χ4v) is 2.23. The second-order valence-electron chi connectivity index (χ2n) is 2.90. The van der Waals surface area contributed by atoms with Crippen LogP contribution in [-0.4, -0.2) is 11.7 Å². The van der Waals surface area contributed by atoms with Gasteiger partial charge in [0.05, 0.1) is 5.69 Å². The number of hydrogen-bond donors (Lipinski definition) is 2. The third-order valence-electron chi connectivity index (χ3n) is 1.87. The van der Waals surface area contributed by atoms with E-state index in [1.807, 2.05) is 12.1 Å². The number of thioether (sulfide) groups is 1. The van der Waals surface area contributed by atoms with Crippen LogP contribution in [0, 0.1) is 0 Å². The monoisotopic (exact) mass is 194 g/mol. The quantitative estimate of drug-likeness (QED) is 0.618. The molecule has 1 aliphatic heterocycles. The lowest BCUT2D eigenvalue weighted by Crippen LogP contribution is -2.10. The Kier molecular flexibility index (Phi) is 2.14. The van der Waals surface area contributed by atoms with Crippen LogP contribution in [0.2, 0.25) is 0 Å². The molecule has 0 saturated carbocycles. The zero-order valence-corrected chi connectivity index (χ0v) is 7.86. The molecule has 1 amide bonds. The van der Waals surface area contributed by atoms with Gasteiger partial charge in [-0.1, -0.05) is 0 Å². The van der Waals surface area contributed by atoms with Crippen molar-refractivity contribution in [2.75, 3.05) is 16.8 Å². The molecule has 2 rings (SSSR count). The van der Waals surface area contributed by atoms with E-state index in [1.165, 1.54) is 0 Å². The summed E-state index contributed by atoms with van der Waals surface area (Å²) < 4.78 is 0. The number of nitrogen functional groups attached to an aromatic ring is 1. The van der Waals surface area contributed by atoms with Gasteiger partial charge >= 0.3 is 0 Å². The van der Waals surface area contributed by atoms with Crippen LogP contribution in [0.3, 0.4) is 0 Å². The number of fused-ring (bicyclic) bond motifs is 1. The summed E-state index contributed by atoms with van der Waals surface area (Å²) in [6.07, 6.45) is 0.569. The van der Waals surface area contributed by atoms with Crippen molar-refractivity contribution >= 4 is 29.0 Å². The summed E-state index contributed by atoms with van der Waals surface area (Å²) in [6.45, 7) is 0. The van der Waals surface area contributed by atoms with Gasteiger partial charge in [0.25, 0.3) is 0 Å². The molecule has 0 radical (unpaired) electrons. The number of nitrogens with one attached hydrogen (secondary N) is 1. The standard InChI is InChI=1S/C9H10N2OS/c10-6-1-2-7-8(5-6)13-4-3-9(12)11-7/h1-2,5H,3-4,10H2,(H,11,12). The molecule has 0 atom stereocenters. The van der Waals surface area contributed by atoms with Crippen LogP contribution in [0.15, 0.2) is 23.1 Å². The molecule has 0 spiro atoms. The van der Waals surface area contributed by atoms with Crippen molar-refractivity contribution in [1.82, 2.24) is 0 Å². The van der Waals surface area contributed by atoms with Crippen molar-refractivity contribution in [2.24, 2.45) is 0 Å². The topological polar surface area (TPSA) is 55.1 Å². The van der Waals surface area contributed by atoms with Gasteiger partial charge in [-0.15, -0.1) is 11.8 Å². The Morgan fingerprint density at radius 1 is 1.46 bits per heavy atom. The van der Waals surface area contributed by atoms with Crippen molar-refractivity contribution in [3.63, 3.8) is 0 Å². The Morgan fingerprint density at radius 2 is 2.31 bits per heavy atom. The van der Waals surface area contributed by atoms with Gasteiger partial charge < -0.3 is 11.1 Å². The maximum Gasteiger partial charge on any atom is 0.225 e. The average Bonchev–Trinajstić information content (AvgIpc) is 2.25. The molecule has 1 heterocycles. The highest BCUT2D eigenvalue weighted by atomic mass is 32.2. The third kappa shape index (κ3) is 1.78. The van der Waals surface area contributed by atoms with Crippen molar-refractivity contribution in [1.29, 1.82) is 0 Å². The number of nitrogens with two attached hydrogens (primary N) is 1. The van der Waals surface area contributed by atoms with E-state index >= 15 is 0 Å². The molecule has 1 aromatic carbocycles. The van der Waals surface area contributed by atoms with Crippen LogP contribution >= 0.6 is 11.8 Å². The first-order chi connectivity index (χ1) is 6.25. The summed E-state index contributed by atoms with van der Waals surface area (Å²) in [5, 5.41) is 2.83. The summed E-state index contributed by atoms with van der Waals surface area (Å²) in [4.78, 5) is 12.2. The molecule has 0 unspecified atom stereocenters. The molecular weight excluding hydrogens is 184 g/mol. The van der Waals surface area contributed by atoms with E-state index in [0.29, 0.717) is 6.42 Å². The highest BCUT2D eigenvalue weighted by Gasteiger charge is 2.12. The lowest BCUT2D eigenvalue weighted by atomic mass is 10.3. The summed E-state index contributed by atoms with van der Waals surface area (Å²) in [5.74, 6) is 0.901. The Morgan fingerprint density at radius 3 is 3.15 bits per heavy atom. The van der Waals surface area contributed by atoms with E-state index in [2.05, 4.69) is 5.32 Å². The lowest BCUT2D eigenvalue weighted by Gasteiger charge is -2.05. The third-order valence-corrected chi connectivity index (χ3v) is 2.92. The maximum absolute atomic E-state index is 11.2. The summed E-state index contributed by atoms with van der Waals surface area (Å²) in [5.41, 5.74) is 7.26. The highest BCUT2D eigenvalue weighted by molar-refractivity contribution is 7.99. The minimum atomic E-state index is 0.0796. The fourth-order valence-electron chi connectivity index (χ4n) is 1.23. The molecule has 68 valence electrons. The molecule has 1 aromatic rings. The van der Waals surface area contributed by atoms with Crippen molar-refractivity contribution in [3.8, 4) is 0 Å². The van der Waals surface area contributed by atoms with E-state index < -0.39 is 0 Å². The number of carbonyl (C=O) groups is 1. The predicted octanol–water partition coefficient (Wildman–Crippen LogP) is 1.70. The van der Waals surface area contributed by atoms with Gasteiger partial charge in [-0.3, -0.25) is 4.79 Å². The zero-order valence-electron chi connectivity index (χ0n) is 7.04. The summed E-state index contributed by atoms with van der Waals surface area (Å²) in [6, 6.07) is 5.54. The Balaban J connectivity index is 2.40. The van der Waals surface area contributed by atoms with E-state index in [0.717, 1.165) is 22.0 Å². The molecule has 0 aliphatic carbocycles. The van der Waals surface area contributed by atoms with E-state index in [1.54, 1.807) is 17.8 Å². The molecule has 13 heavy (non-hydrogen) atoms. The maximum atomic E-state index is 11.2. The Labute approximate surface area is 80.7 Å². The second kappa shape index (κ2) is 3.30. The van der Waals surface area contributed by atoms with Crippen molar-refractivity contribution in [3.05, 3.63) is 18.2 Å². The number of carbonyl (C=O) groups excluding carboxylic acids is 1. The van der Waals surface area contributed by atoms with E-state index in [9.17, 15) is 4.79 Å². The smallest absolute Gasteiger partial charge is 0.225 e. The molecule has 3 N–H and O–H groups in total. The van der Waals surface area contributed by atoms with Crippen LogP contribution in [0.4, 0.5) is 11.4 Å². The van der Waals surface area contributed by atoms with Gasteiger partial charge in [0.15, 0.2) is 0 Å². The molecule has 0 fully saturated rings. The van der Waals surface area contributed by atoms with Gasteiger partial charge in [0.1, 0.15) is 0 Å². The number of benzene rings is 1. The first-order valence-electron chi connectivity index (χ1n) is 4.08. The van der Waals surface area contributed by atoms with Crippen LogP contribution in [0.25, 0.3) is 0 Å². The number of amides is 1. The average molecular weight is 194 g/mol. The number of hydrogen-bond acceptors (Lipinski definition) is 3. The number of anilines is 2. The first kappa shape index (κ1) is 8.44. The van der Waals surface area contributed by atoms with Crippen LogP contribution in [0.1, 0.15) is 6.42 Å². The van der Waals surface area contributed by atoms with Crippen LogP contribution in [0.5, 0.6) is 0 Å². The van der Waals surface area contributed by atoms with Gasteiger partial charge in [-0.2, -0.15) is 0 Å². The Bertz CT molecular complexity index is 351. The van der Waals surface area contributed by atoms with Gasteiger partial charge in [-0.05, 0) is 18.2 Å². The molecular formula is C9H10N2OS. The normalized spacial score (nSPS) is 15.8.